The van der Waals surface area contributed by atoms with Crippen molar-refractivity contribution in [2.24, 2.45) is 0 Å². The van der Waals surface area contributed by atoms with Crippen LogP contribution in [0.25, 0.3) is 22.3 Å². The van der Waals surface area contributed by atoms with E-state index in [0.29, 0.717) is 30.4 Å². The van der Waals surface area contributed by atoms with Crippen LogP contribution in [0.3, 0.4) is 0 Å². The molecule has 1 N–H and O–H groups in total. The Morgan fingerprint density at radius 1 is 1.06 bits per heavy atom. The predicted octanol–water partition coefficient (Wildman–Crippen LogP) is 4.57. The molecule has 1 aliphatic heterocycles. The maximum atomic E-state index is 12.3. The average molecular weight is 488 g/mol. The van der Waals surface area contributed by atoms with Crippen LogP contribution < -0.4 is 14.8 Å². The van der Waals surface area contributed by atoms with Crippen LogP contribution in [0.5, 0.6) is 11.5 Å². The van der Waals surface area contributed by atoms with E-state index in [1.54, 1.807) is 40.3 Å². The van der Waals surface area contributed by atoms with E-state index in [-0.39, 0.29) is 0 Å². The summed E-state index contributed by atoms with van der Waals surface area (Å²) in [5.74, 6) is 0.0985. The molecule has 1 aliphatic rings. The molecule has 2 aromatic heterocycles. The number of carbonyl (C=O) groups is 2. The molecule has 0 bridgehead atoms. The number of ether oxygens (including phenoxy) is 3. The number of thiophene rings is 1. The number of rotatable bonds is 7. The molecule has 9 heteroatoms. The van der Waals surface area contributed by atoms with E-state index in [1.165, 1.54) is 6.08 Å². The monoisotopic (exact) mass is 487 g/mol. The standard InChI is InChI=1S/C26H21N3O5S/c30-24(27-19-9-10-21-22(15-19)33-13-12-32-21)17-34-25(31)11-8-18-16-29(20-5-2-1-3-6-20)28-26(18)23-7-4-14-35-23/h1-11,14-16H,12-13,17H2,(H,27,30). The van der Waals surface area contributed by atoms with E-state index in [0.717, 1.165) is 21.8 Å². The van der Waals surface area contributed by atoms with Crippen LogP contribution >= 0.6 is 11.3 Å². The molecule has 5 rings (SSSR count). The first-order chi connectivity index (χ1) is 17.2. The Balaban J connectivity index is 1.22. The smallest absolute Gasteiger partial charge is 0.331 e. The highest BCUT2D eigenvalue weighted by Gasteiger charge is 2.14. The number of esters is 1. The molecule has 8 nitrogen and oxygen atoms in total. The fourth-order valence-electron chi connectivity index (χ4n) is 3.49. The lowest BCUT2D eigenvalue weighted by Crippen LogP contribution is -2.20. The van der Waals surface area contributed by atoms with Crippen molar-refractivity contribution in [2.45, 2.75) is 0 Å². The molecule has 3 heterocycles. The Morgan fingerprint density at radius 2 is 1.89 bits per heavy atom. The quantitative estimate of drug-likeness (QED) is 0.303. The number of nitrogens with one attached hydrogen (secondary N) is 1. The zero-order valence-corrected chi connectivity index (χ0v) is 19.4. The zero-order chi connectivity index (χ0) is 24.0. The van der Waals surface area contributed by atoms with Crippen LogP contribution in [0.4, 0.5) is 5.69 Å². The molecule has 176 valence electrons. The highest BCUT2D eigenvalue weighted by atomic mass is 32.1. The Labute approximate surface area is 205 Å². The topological polar surface area (TPSA) is 91.7 Å². The molecule has 35 heavy (non-hydrogen) atoms. The fourth-order valence-corrected chi connectivity index (χ4v) is 4.22. The Kier molecular flexibility index (Phi) is 6.58. The number of fused-ring (bicyclic) bond motifs is 1. The van der Waals surface area contributed by atoms with Crippen molar-refractivity contribution in [1.82, 2.24) is 9.78 Å². The normalized spacial score (nSPS) is 12.5. The third-order valence-electron chi connectivity index (χ3n) is 5.09. The second kappa shape index (κ2) is 10.3. The van der Waals surface area contributed by atoms with Gasteiger partial charge in [-0.05, 0) is 41.8 Å². The van der Waals surface area contributed by atoms with Crippen molar-refractivity contribution in [3.05, 3.63) is 83.9 Å². The summed E-state index contributed by atoms with van der Waals surface area (Å²) in [6.45, 7) is 0.523. The lowest BCUT2D eigenvalue weighted by atomic mass is 10.2. The number of aromatic nitrogens is 2. The molecular formula is C26H21N3O5S. The van der Waals surface area contributed by atoms with Crippen molar-refractivity contribution in [2.75, 3.05) is 25.1 Å². The summed E-state index contributed by atoms with van der Waals surface area (Å²) in [6, 6.07) is 18.7. The summed E-state index contributed by atoms with van der Waals surface area (Å²) >= 11 is 1.56. The molecule has 2 aromatic carbocycles. The molecule has 0 atom stereocenters. The van der Waals surface area contributed by atoms with E-state index >= 15 is 0 Å². The molecule has 1 amide bonds. The number of benzene rings is 2. The number of anilines is 1. The van der Waals surface area contributed by atoms with Gasteiger partial charge in [-0.1, -0.05) is 24.3 Å². The number of amides is 1. The summed E-state index contributed by atoms with van der Waals surface area (Å²) in [7, 11) is 0. The molecule has 0 aliphatic carbocycles. The van der Waals surface area contributed by atoms with E-state index in [2.05, 4.69) is 5.32 Å². The van der Waals surface area contributed by atoms with Crippen molar-refractivity contribution < 1.29 is 23.8 Å². The molecule has 0 spiro atoms. The van der Waals surface area contributed by atoms with E-state index in [4.69, 9.17) is 19.3 Å². The molecule has 0 fully saturated rings. The highest BCUT2D eigenvalue weighted by molar-refractivity contribution is 7.13. The van der Waals surface area contributed by atoms with Gasteiger partial charge in [0.25, 0.3) is 5.91 Å². The van der Waals surface area contributed by atoms with Gasteiger partial charge in [0, 0.05) is 29.6 Å². The third-order valence-corrected chi connectivity index (χ3v) is 5.96. The molecule has 0 saturated heterocycles. The van der Waals surface area contributed by atoms with Gasteiger partial charge in [-0.15, -0.1) is 11.3 Å². The Bertz CT molecular complexity index is 1360. The van der Waals surface area contributed by atoms with Gasteiger partial charge in [0.2, 0.25) is 0 Å². The minimum absolute atomic E-state index is 0.418. The van der Waals surface area contributed by atoms with Gasteiger partial charge in [0.05, 0.1) is 10.6 Å². The van der Waals surface area contributed by atoms with E-state index in [1.807, 2.05) is 54.0 Å². The van der Waals surface area contributed by atoms with Crippen molar-refractivity contribution in [1.29, 1.82) is 0 Å². The van der Waals surface area contributed by atoms with Gasteiger partial charge < -0.3 is 19.5 Å². The Hall–Kier alpha value is -4.37. The van der Waals surface area contributed by atoms with E-state index < -0.39 is 18.5 Å². The number of hydrogen-bond acceptors (Lipinski definition) is 7. The largest absolute Gasteiger partial charge is 0.486 e. The van der Waals surface area contributed by atoms with Gasteiger partial charge in [-0.3, -0.25) is 4.79 Å². The maximum Gasteiger partial charge on any atom is 0.331 e. The van der Waals surface area contributed by atoms with Gasteiger partial charge in [-0.25, -0.2) is 9.48 Å². The van der Waals surface area contributed by atoms with Crippen LogP contribution in [0.1, 0.15) is 5.56 Å². The minimum atomic E-state index is -0.632. The Morgan fingerprint density at radius 3 is 2.69 bits per heavy atom. The summed E-state index contributed by atoms with van der Waals surface area (Å²) in [6.07, 6.45) is 4.78. The van der Waals surface area contributed by atoms with Gasteiger partial charge >= 0.3 is 5.97 Å². The molecule has 0 saturated carbocycles. The average Bonchev–Trinajstić information content (AvgIpc) is 3.57. The minimum Gasteiger partial charge on any atom is -0.486 e. The second-order valence-electron chi connectivity index (χ2n) is 7.54. The lowest BCUT2D eigenvalue weighted by Gasteiger charge is -2.18. The van der Waals surface area contributed by atoms with Crippen LogP contribution in [0.2, 0.25) is 0 Å². The molecule has 0 unspecified atom stereocenters. The fraction of sp³-hybridized carbons (Fsp3) is 0.115. The summed E-state index contributed by atoms with van der Waals surface area (Å²) in [5, 5.41) is 9.35. The third kappa shape index (κ3) is 5.42. The summed E-state index contributed by atoms with van der Waals surface area (Å²) in [5.41, 5.74) is 2.95. The first-order valence-electron chi connectivity index (χ1n) is 10.9. The number of para-hydroxylation sites is 1. The number of carbonyl (C=O) groups excluding carboxylic acids is 2. The highest BCUT2D eigenvalue weighted by Crippen LogP contribution is 2.32. The SMILES string of the molecule is O=C(COC(=O)C=Cc1cn(-c2ccccc2)nc1-c1cccs1)Nc1ccc2c(c1)OCCO2. The van der Waals surface area contributed by atoms with Crippen molar-refractivity contribution in [3.8, 4) is 27.8 Å². The zero-order valence-electron chi connectivity index (χ0n) is 18.5. The van der Waals surface area contributed by atoms with Crippen molar-refractivity contribution >= 4 is 35.0 Å². The van der Waals surface area contributed by atoms with Crippen LogP contribution in [-0.4, -0.2) is 41.5 Å². The van der Waals surface area contributed by atoms with Crippen LogP contribution in [0.15, 0.2) is 78.3 Å². The predicted molar refractivity (Wildman–Crippen MR) is 133 cm³/mol. The molecular weight excluding hydrogens is 466 g/mol. The van der Waals surface area contributed by atoms with Crippen molar-refractivity contribution in [3.63, 3.8) is 0 Å². The van der Waals surface area contributed by atoms with Crippen LogP contribution in [0, 0.1) is 0 Å². The summed E-state index contributed by atoms with van der Waals surface area (Å²) in [4.78, 5) is 25.5. The summed E-state index contributed by atoms with van der Waals surface area (Å²) < 4.78 is 17.9. The van der Waals surface area contributed by atoms with Gasteiger partial charge in [0.15, 0.2) is 18.1 Å². The first kappa shape index (κ1) is 22.4. The number of hydrogen-bond donors (Lipinski definition) is 1. The van der Waals surface area contributed by atoms with E-state index in [9.17, 15) is 9.59 Å². The molecule has 4 aromatic rings. The first-order valence-corrected chi connectivity index (χ1v) is 11.8. The maximum absolute atomic E-state index is 12.3. The van der Waals surface area contributed by atoms with Gasteiger partial charge in [0.1, 0.15) is 18.9 Å². The molecule has 0 radical (unpaired) electrons. The lowest BCUT2D eigenvalue weighted by molar-refractivity contribution is -0.142. The number of nitrogens with zero attached hydrogens (tertiary/aromatic N) is 2. The second-order valence-corrected chi connectivity index (χ2v) is 8.49. The van der Waals surface area contributed by atoms with Gasteiger partial charge in [-0.2, -0.15) is 5.10 Å². The van der Waals surface area contributed by atoms with Crippen LogP contribution in [-0.2, 0) is 14.3 Å².